The van der Waals surface area contributed by atoms with Crippen molar-refractivity contribution >= 4 is 15.9 Å². The van der Waals surface area contributed by atoms with Gasteiger partial charge in [-0.3, -0.25) is 9.69 Å². The SMILES string of the molecule is CNS(=O)(=O)c1cc(C(=O)NCC(c2ccccc2OC)N2CCCC2)cc(C)c1C. The van der Waals surface area contributed by atoms with Crippen molar-refractivity contribution in [1.29, 1.82) is 0 Å². The Morgan fingerprint density at radius 3 is 2.48 bits per heavy atom. The Labute approximate surface area is 184 Å². The summed E-state index contributed by atoms with van der Waals surface area (Å²) in [5.41, 5.74) is 2.75. The van der Waals surface area contributed by atoms with E-state index < -0.39 is 10.0 Å². The molecule has 1 heterocycles. The van der Waals surface area contributed by atoms with Crippen molar-refractivity contribution in [1.82, 2.24) is 14.9 Å². The smallest absolute Gasteiger partial charge is 0.251 e. The van der Waals surface area contributed by atoms with Crippen LogP contribution in [0.5, 0.6) is 5.75 Å². The monoisotopic (exact) mass is 445 g/mol. The standard InChI is InChI=1S/C23H31N3O4S/c1-16-13-18(14-22(17(16)2)31(28,29)24-3)23(27)25-15-20(26-11-7-8-12-26)19-9-5-6-10-21(19)30-4/h5-6,9-10,13-14,20,24H,7-8,11-12,15H2,1-4H3,(H,25,27). The molecule has 0 bridgehead atoms. The molecule has 0 aliphatic carbocycles. The molecule has 7 nitrogen and oxygen atoms in total. The number of hydrogen-bond acceptors (Lipinski definition) is 5. The lowest BCUT2D eigenvalue weighted by Gasteiger charge is -2.29. The zero-order valence-corrected chi connectivity index (χ0v) is 19.4. The third-order valence-corrected chi connectivity index (χ3v) is 7.52. The molecule has 2 aromatic rings. The molecule has 31 heavy (non-hydrogen) atoms. The molecule has 0 radical (unpaired) electrons. The van der Waals surface area contributed by atoms with Crippen LogP contribution in [0.25, 0.3) is 0 Å². The first-order valence-corrected chi connectivity index (χ1v) is 12.0. The lowest BCUT2D eigenvalue weighted by molar-refractivity contribution is 0.0937. The number of amides is 1. The van der Waals surface area contributed by atoms with Crippen molar-refractivity contribution < 1.29 is 17.9 Å². The Hall–Kier alpha value is -2.42. The Morgan fingerprint density at radius 1 is 1.16 bits per heavy atom. The van der Waals surface area contributed by atoms with E-state index in [2.05, 4.69) is 14.9 Å². The number of aryl methyl sites for hydroxylation is 1. The zero-order valence-electron chi connectivity index (χ0n) is 18.6. The minimum atomic E-state index is -3.66. The Kier molecular flexibility index (Phi) is 7.35. The van der Waals surface area contributed by atoms with Gasteiger partial charge in [0.25, 0.3) is 5.91 Å². The number of likely N-dealkylation sites (tertiary alicyclic amines) is 1. The van der Waals surface area contributed by atoms with Gasteiger partial charge < -0.3 is 10.1 Å². The Morgan fingerprint density at radius 2 is 1.84 bits per heavy atom. The highest BCUT2D eigenvalue weighted by Crippen LogP contribution is 2.31. The predicted octanol–water partition coefficient (Wildman–Crippen LogP) is 2.79. The van der Waals surface area contributed by atoms with Gasteiger partial charge >= 0.3 is 0 Å². The number of carbonyl (C=O) groups is 1. The van der Waals surface area contributed by atoms with E-state index in [0.717, 1.165) is 42.8 Å². The molecule has 1 unspecified atom stereocenters. The van der Waals surface area contributed by atoms with E-state index in [1.54, 1.807) is 20.1 Å². The minimum absolute atomic E-state index is 0.0188. The van der Waals surface area contributed by atoms with Gasteiger partial charge in [0.1, 0.15) is 5.75 Å². The molecule has 0 spiro atoms. The molecular weight excluding hydrogens is 414 g/mol. The quantitative estimate of drug-likeness (QED) is 0.652. The van der Waals surface area contributed by atoms with Gasteiger partial charge in [-0.05, 0) is 76.2 Å². The molecule has 2 aromatic carbocycles. The highest BCUT2D eigenvalue weighted by atomic mass is 32.2. The number of hydrogen-bond donors (Lipinski definition) is 2. The second kappa shape index (κ2) is 9.80. The number of methoxy groups -OCH3 is 1. The first-order chi connectivity index (χ1) is 14.8. The van der Waals surface area contributed by atoms with E-state index >= 15 is 0 Å². The number of ether oxygens (including phenoxy) is 1. The second-order valence-electron chi connectivity index (χ2n) is 7.83. The van der Waals surface area contributed by atoms with Gasteiger partial charge in [-0.25, -0.2) is 13.1 Å². The first-order valence-electron chi connectivity index (χ1n) is 10.5. The maximum atomic E-state index is 13.0. The van der Waals surface area contributed by atoms with Crippen LogP contribution < -0.4 is 14.8 Å². The number of sulfonamides is 1. The Balaban J connectivity index is 1.86. The number of nitrogens with one attached hydrogen (secondary N) is 2. The summed E-state index contributed by atoms with van der Waals surface area (Å²) < 4.78 is 32.7. The molecule has 8 heteroatoms. The van der Waals surface area contributed by atoms with Gasteiger partial charge in [-0.15, -0.1) is 0 Å². The maximum Gasteiger partial charge on any atom is 0.251 e. The summed E-state index contributed by atoms with van der Waals surface area (Å²) in [6, 6.07) is 11.0. The second-order valence-corrected chi connectivity index (χ2v) is 9.69. The van der Waals surface area contributed by atoms with Gasteiger partial charge in [-0.1, -0.05) is 18.2 Å². The van der Waals surface area contributed by atoms with Crippen LogP contribution in [-0.4, -0.2) is 53.0 Å². The fraction of sp³-hybridized carbons (Fsp3) is 0.435. The lowest BCUT2D eigenvalue weighted by atomic mass is 10.0. The molecule has 3 rings (SSSR count). The molecular formula is C23H31N3O4S. The molecule has 1 aliphatic heterocycles. The summed E-state index contributed by atoms with van der Waals surface area (Å²) in [4.78, 5) is 15.5. The van der Waals surface area contributed by atoms with Gasteiger partial charge in [0.2, 0.25) is 10.0 Å². The lowest BCUT2D eigenvalue weighted by Crippen LogP contribution is -2.37. The van der Waals surface area contributed by atoms with Gasteiger partial charge in [0, 0.05) is 17.7 Å². The largest absolute Gasteiger partial charge is 0.496 e. The van der Waals surface area contributed by atoms with Crippen LogP contribution >= 0.6 is 0 Å². The molecule has 1 saturated heterocycles. The molecule has 1 fully saturated rings. The number of para-hydroxylation sites is 1. The van der Waals surface area contributed by atoms with Gasteiger partial charge in [0.15, 0.2) is 0 Å². The van der Waals surface area contributed by atoms with E-state index in [1.807, 2.05) is 31.2 Å². The topological polar surface area (TPSA) is 87.7 Å². The summed E-state index contributed by atoms with van der Waals surface area (Å²) in [7, 11) is -0.643. The number of rotatable bonds is 8. The predicted molar refractivity (Wildman–Crippen MR) is 121 cm³/mol. The summed E-state index contributed by atoms with van der Waals surface area (Å²) >= 11 is 0. The van der Waals surface area contributed by atoms with Crippen molar-refractivity contribution in [2.24, 2.45) is 0 Å². The third-order valence-electron chi connectivity index (χ3n) is 5.98. The van der Waals surface area contributed by atoms with Crippen LogP contribution in [0.15, 0.2) is 41.3 Å². The molecule has 1 aliphatic rings. The molecule has 2 N–H and O–H groups in total. The number of carbonyl (C=O) groups excluding carboxylic acids is 1. The molecule has 0 aromatic heterocycles. The highest BCUT2D eigenvalue weighted by Gasteiger charge is 2.27. The van der Waals surface area contributed by atoms with Crippen LogP contribution in [0, 0.1) is 13.8 Å². The average Bonchev–Trinajstić information content (AvgIpc) is 3.30. The fourth-order valence-corrected chi connectivity index (χ4v) is 5.14. The van der Waals surface area contributed by atoms with E-state index in [-0.39, 0.29) is 16.8 Å². The number of nitrogens with zero attached hydrogens (tertiary/aromatic N) is 1. The van der Waals surface area contributed by atoms with Crippen molar-refractivity contribution in [2.75, 3.05) is 33.8 Å². The summed E-state index contributed by atoms with van der Waals surface area (Å²) in [5, 5.41) is 3.02. The molecule has 0 saturated carbocycles. The van der Waals surface area contributed by atoms with Crippen LogP contribution in [0.3, 0.4) is 0 Å². The number of benzene rings is 2. The van der Waals surface area contributed by atoms with Crippen LogP contribution in [0.4, 0.5) is 0 Å². The van der Waals surface area contributed by atoms with Gasteiger partial charge in [-0.2, -0.15) is 0 Å². The third kappa shape index (κ3) is 5.08. The van der Waals surface area contributed by atoms with Gasteiger partial charge in [0.05, 0.1) is 18.0 Å². The molecule has 1 atom stereocenters. The maximum absolute atomic E-state index is 13.0. The van der Waals surface area contributed by atoms with Crippen molar-refractivity contribution in [3.8, 4) is 5.75 Å². The fourth-order valence-electron chi connectivity index (χ4n) is 4.07. The average molecular weight is 446 g/mol. The van der Waals surface area contributed by atoms with E-state index in [1.165, 1.54) is 13.1 Å². The van der Waals surface area contributed by atoms with E-state index in [0.29, 0.717) is 17.7 Å². The highest BCUT2D eigenvalue weighted by molar-refractivity contribution is 7.89. The summed E-state index contributed by atoms with van der Waals surface area (Å²) in [5.74, 6) is 0.497. The van der Waals surface area contributed by atoms with Crippen LogP contribution in [0.1, 0.15) is 45.9 Å². The van der Waals surface area contributed by atoms with Crippen molar-refractivity contribution in [2.45, 2.75) is 37.6 Å². The Bertz CT molecular complexity index is 1050. The molecule has 1 amide bonds. The van der Waals surface area contributed by atoms with Crippen molar-refractivity contribution in [3.63, 3.8) is 0 Å². The summed E-state index contributed by atoms with van der Waals surface area (Å²) in [6.07, 6.45) is 2.25. The van der Waals surface area contributed by atoms with Crippen LogP contribution in [0.2, 0.25) is 0 Å². The van der Waals surface area contributed by atoms with E-state index in [4.69, 9.17) is 4.74 Å². The summed E-state index contributed by atoms with van der Waals surface area (Å²) in [6.45, 7) is 5.88. The minimum Gasteiger partial charge on any atom is -0.496 e. The van der Waals surface area contributed by atoms with Crippen LogP contribution in [-0.2, 0) is 10.0 Å². The normalized spacial score (nSPS) is 15.6. The van der Waals surface area contributed by atoms with Crippen molar-refractivity contribution in [3.05, 3.63) is 58.7 Å². The first kappa shape index (κ1) is 23.2. The van der Waals surface area contributed by atoms with E-state index in [9.17, 15) is 13.2 Å². The molecule has 168 valence electrons. The zero-order chi connectivity index (χ0) is 22.6.